The summed E-state index contributed by atoms with van der Waals surface area (Å²) in [6, 6.07) is 8.08. The van der Waals surface area contributed by atoms with E-state index in [0.717, 1.165) is 12.2 Å². The van der Waals surface area contributed by atoms with Gasteiger partial charge in [0.25, 0.3) is 0 Å². The zero-order valence-corrected chi connectivity index (χ0v) is 12.6. The standard InChI is InChI=1S/C9H8O.Mo.Ni.W/c1-2-6-9-8(4-1)5-3-7-10-9;;;/h1-4,6-7H,5H2;;;. The van der Waals surface area contributed by atoms with Crippen molar-refractivity contribution in [2.75, 3.05) is 0 Å². The Hall–Kier alpha value is 0.630. The Morgan fingerprint density at radius 2 is 1.85 bits per heavy atom. The third-order valence-corrected chi connectivity index (χ3v) is 1.60. The van der Waals surface area contributed by atoms with Gasteiger partial charge >= 0.3 is 0 Å². The van der Waals surface area contributed by atoms with E-state index in [9.17, 15) is 0 Å². The number of ether oxygens (including phenoxy) is 1. The van der Waals surface area contributed by atoms with Crippen LogP contribution >= 0.6 is 0 Å². The SMILES string of the molecule is C1=COc2ccccc2C1.[Mo].[Ni].[W]. The number of benzene rings is 1. The molecule has 0 unspecified atom stereocenters. The Labute approximate surface area is 117 Å². The van der Waals surface area contributed by atoms with Crippen LogP contribution in [0.4, 0.5) is 0 Å². The number of allylic oxidation sites excluding steroid dienone is 1. The van der Waals surface area contributed by atoms with Gasteiger partial charge in [-0.15, -0.1) is 0 Å². The van der Waals surface area contributed by atoms with E-state index in [1.165, 1.54) is 5.56 Å². The predicted molar refractivity (Wildman–Crippen MR) is 39.9 cm³/mol. The van der Waals surface area contributed by atoms with Crippen LogP contribution in [0, 0.1) is 0 Å². The van der Waals surface area contributed by atoms with Gasteiger partial charge in [-0.25, -0.2) is 0 Å². The fourth-order valence-electron chi connectivity index (χ4n) is 1.08. The molecule has 0 amide bonds. The van der Waals surface area contributed by atoms with E-state index in [0.29, 0.717) is 0 Å². The molecule has 4 heteroatoms. The second kappa shape index (κ2) is 7.98. The maximum atomic E-state index is 5.24. The van der Waals surface area contributed by atoms with E-state index in [1.807, 2.05) is 24.3 Å². The molecule has 0 fully saturated rings. The largest absolute Gasteiger partial charge is 0.465 e. The van der Waals surface area contributed by atoms with Gasteiger partial charge in [-0.2, -0.15) is 0 Å². The summed E-state index contributed by atoms with van der Waals surface area (Å²) in [5.41, 5.74) is 1.27. The van der Waals surface area contributed by atoms with Crippen molar-refractivity contribution in [1.29, 1.82) is 0 Å². The van der Waals surface area contributed by atoms with Crippen molar-refractivity contribution in [3.8, 4) is 5.75 Å². The molecule has 0 saturated carbocycles. The molecule has 0 atom stereocenters. The van der Waals surface area contributed by atoms with Gasteiger partial charge in [-0.1, -0.05) is 18.2 Å². The van der Waals surface area contributed by atoms with Crippen LogP contribution in [0.15, 0.2) is 36.6 Å². The van der Waals surface area contributed by atoms with Crippen LogP contribution in [0.1, 0.15) is 5.56 Å². The summed E-state index contributed by atoms with van der Waals surface area (Å²) < 4.78 is 5.24. The van der Waals surface area contributed by atoms with E-state index in [1.54, 1.807) is 6.26 Å². The van der Waals surface area contributed by atoms with E-state index < -0.39 is 0 Å². The molecule has 1 heterocycles. The van der Waals surface area contributed by atoms with Crippen LogP contribution in [0.25, 0.3) is 0 Å². The second-order valence-corrected chi connectivity index (χ2v) is 2.30. The van der Waals surface area contributed by atoms with Crippen LogP contribution in [0.3, 0.4) is 0 Å². The summed E-state index contributed by atoms with van der Waals surface area (Å²) in [4.78, 5) is 0. The summed E-state index contributed by atoms with van der Waals surface area (Å²) in [6.45, 7) is 0. The molecule has 1 nitrogen and oxygen atoms in total. The number of para-hydroxylation sites is 1. The Balaban J connectivity index is 0. The van der Waals surface area contributed by atoms with Gasteiger partial charge in [0.1, 0.15) is 5.75 Å². The summed E-state index contributed by atoms with van der Waals surface area (Å²) in [7, 11) is 0. The van der Waals surface area contributed by atoms with Crippen molar-refractivity contribution in [3.63, 3.8) is 0 Å². The fourth-order valence-corrected chi connectivity index (χ4v) is 1.08. The van der Waals surface area contributed by atoms with Crippen LogP contribution in [-0.4, -0.2) is 0 Å². The first-order valence-corrected chi connectivity index (χ1v) is 3.36. The monoisotopic (exact) mass is 472 g/mol. The third kappa shape index (κ3) is 4.11. The molecule has 2 rings (SSSR count). The predicted octanol–water partition coefficient (Wildman–Crippen LogP) is 2.13. The summed E-state index contributed by atoms with van der Waals surface area (Å²) >= 11 is 0. The van der Waals surface area contributed by atoms with Gasteiger partial charge in [-0.05, 0) is 24.1 Å². The minimum atomic E-state index is 0. The topological polar surface area (TPSA) is 9.23 Å². The molecule has 0 aliphatic carbocycles. The Bertz CT molecular complexity index is 251. The molecular weight excluding hydrogens is 463 g/mol. The fraction of sp³-hybridized carbons (Fsp3) is 0.111. The number of rotatable bonds is 0. The second-order valence-electron chi connectivity index (χ2n) is 2.30. The van der Waals surface area contributed by atoms with Crippen molar-refractivity contribution in [3.05, 3.63) is 42.2 Å². The number of hydrogen-bond donors (Lipinski definition) is 0. The maximum absolute atomic E-state index is 5.24. The minimum absolute atomic E-state index is 0. The van der Waals surface area contributed by atoms with Gasteiger partial charge in [0.2, 0.25) is 0 Å². The van der Waals surface area contributed by atoms with E-state index in [2.05, 4.69) is 6.07 Å². The molecule has 0 saturated heterocycles. The summed E-state index contributed by atoms with van der Waals surface area (Å²) in [5.74, 6) is 0.991. The molecule has 1 aliphatic heterocycles. The smallest absolute Gasteiger partial charge is 0.130 e. The molecule has 72 valence electrons. The minimum Gasteiger partial charge on any atom is -0.465 e. The average Bonchev–Trinajstić information content (AvgIpc) is 2.05. The van der Waals surface area contributed by atoms with Crippen molar-refractivity contribution in [2.45, 2.75) is 6.42 Å². The molecule has 13 heavy (non-hydrogen) atoms. The zero-order chi connectivity index (χ0) is 6.81. The molecule has 1 aliphatic rings. The van der Waals surface area contributed by atoms with Crippen molar-refractivity contribution < 1.29 is 63.4 Å². The van der Waals surface area contributed by atoms with Gasteiger partial charge in [0.05, 0.1) is 6.26 Å². The first kappa shape index (κ1) is 16.1. The molecule has 0 spiro atoms. The average molecular weight is 471 g/mol. The van der Waals surface area contributed by atoms with E-state index >= 15 is 0 Å². The number of fused-ring (bicyclic) bond motifs is 1. The molecule has 0 radical (unpaired) electrons. The van der Waals surface area contributed by atoms with Crippen molar-refractivity contribution in [1.82, 2.24) is 0 Å². The van der Waals surface area contributed by atoms with Crippen molar-refractivity contribution in [2.24, 2.45) is 0 Å². The Kier molecular flexibility index (Phi) is 9.87. The molecule has 0 aromatic heterocycles. The summed E-state index contributed by atoms with van der Waals surface area (Å²) in [5, 5.41) is 0. The molecule has 0 N–H and O–H groups in total. The quantitative estimate of drug-likeness (QED) is 0.528. The molecule has 0 bridgehead atoms. The first-order valence-electron chi connectivity index (χ1n) is 3.36. The van der Waals surface area contributed by atoms with Gasteiger partial charge in [0, 0.05) is 58.6 Å². The Morgan fingerprint density at radius 3 is 2.54 bits per heavy atom. The van der Waals surface area contributed by atoms with Crippen LogP contribution < -0.4 is 4.74 Å². The van der Waals surface area contributed by atoms with Crippen LogP contribution in [-0.2, 0) is 65.0 Å². The Morgan fingerprint density at radius 1 is 1.15 bits per heavy atom. The number of hydrogen-bond acceptors (Lipinski definition) is 1. The van der Waals surface area contributed by atoms with Crippen molar-refractivity contribution >= 4 is 0 Å². The van der Waals surface area contributed by atoms with E-state index in [4.69, 9.17) is 4.74 Å². The van der Waals surface area contributed by atoms with Gasteiger partial charge in [-0.3, -0.25) is 0 Å². The zero-order valence-electron chi connectivity index (χ0n) is 6.71. The third-order valence-electron chi connectivity index (χ3n) is 1.60. The van der Waals surface area contributed by atoms with Gasteiger partial charge in [0.15, 0.2) is 0 Å². The van der Waals surface area contributed by atoms with Crippen LogP contribution in [0.5, 0.6) is 5.75 Å². The normalized spacial score (nSPS) is 10.8. The molecular formula is C9H8MoNiOW. The van der Waals surface area contributed by atoms with Gasteiger partial charge < -0.3 is 4.74 Å². The van der Waals surface area contributed by atoms with Crippen LogP contribution in [0.2, 0.25) is 0 Å². The van der Waals surface area contributed by atoms with E-state index in [-0.39, 0.29) is 58.6 Å². The summed E-state index contributed by atoms with van der Waals surface area (Å²) in [6.07, 6.45) is 4.75. The maximum Gasteiger partial charge on any atom is 0.130 e. The molecule has 1 aromatic carbocycles. The first-order chi connectivity index (χ1) is 4.97. The molecule has 1 aromatic rings.